The Hall–Kier alpha value is -4.43. The van der Waals surface area contributed by atoms with Gasteiger partial charge in [-0.05, 0) is 35.9 Å². The highest BCUT2D eigenvalue weighted by Gasteiger charge is 2.33. The minimum absolute atomic E-state index is 0.0121. The van der Waals surface area contributed by atoms with Crippen LogP contribution in [0.25, 0.3) is 10.1 Å². The third kappa shape index (κ3) is 9.60. The second-order valence-corrected chi connectivity index (χ2v) is 12.4. The van der Waals surface area contributed by atoms with E-state index < -0.39 is 54.6 Å². The van der Waals surface area contributed by atoms with Crippen LogP contribution in [-0.4, -0.2) is 87.9 Å². The molecular weight excluding hydrogens is 685 g/mol. The second kappa shape index (κ2) is 15.0. The van der Waals surface area contributed by atoms with Crippen LogP contribution < -0.4 is 20.7 Å². The summed E-state index contributed by atoms with van der Waals surface area (Å²) in [7, 11) is 1.22. The van der Waals surface area contributed by atoms with Crippen molar-refractivity contribution in [3.05, 3.63) is 52.2 Å². The van der Waals surface area contributed by atoms with Crippen LogP contribution in [-0.2, 0) is 15.9 Å². The fraction of sp³-hybridized carbons (Fsp3) is 0.438. The van der Waals surface area contributed by atoms with Crippen LogP contribution in [0.5, 0.6) is 5.75 Å². The van der Waals surface area contributed by atoms with E-state index in [9.17, 15) is 40.3 Å². The third-order valence-corrected chi connectivity index (χ3v) is 8.95. The minimum atomic E-state index is -4.72. The molecule has 2 saturated heterocycles. The first-order valence-corrected chi connectivity index (χ1v) is 15.9. The van der Waals surface area contributed by atoms with Crippen molar-refractivity contribution in [2.75, 3.05) is 57.1 Å². The number of piperidine rings is 1. The molecule has 1 atom stereocenters. The summed E-state index contributed by atoms with van der Waals surface area (Å²) in [4.78, 5) is 25.5. The van der Waals surface area contributed by atoms with Gasteiger partial charge in [-0.25, -0.2) is 9.18 Å². The summed E-state index contributed by atoms with van der Waals surface area (Å²) in [6.07, 6.45) is -9.99. The van der Waals surface area contributed by atoms with Crippen molar-refractivity contribution in [3.8, 4) is 17.6 Å². The Kier molecular flexibility index (Phi) is 11.0. The van der Waals surface area contributed by atoms with Crippen LogP contribution in [0, 0.1) is 17.7 Å². The molecule has 1 amide bonds. The minimum Gasteiger partial charge on any atom is -0.482 e. The SMILES string of the molecule is CNC(=O)c1cc(OCC(F)(F)F)c(NCC#Cc2sc3c(NC4CCN(CC5COC(=O)O5)CC4)cccc3c2CC(F)(F)F)cc1F. The number of alkyl halides is 6. The quantitative estimate of drug-likeness (QED) is 0.127. The largest absolute Gasteiger partial charge is 0.508 e. The van der Waals surface area contributed by atoms with E-state index in [0.717, 1.165) is 49.4 Å². The Morgan fingerprint density at radius 3 is 2.51 bits per heavy atom. The number of halogens is 7. The number of fused-ring (bicyclic) bond motifs is 1. The van der Waals surface area contributed by atoms with E-state index >= 15 is 0 Å². The molecular formula is C32H31F7N4O5S. The molecule has 2 fully saturated rings. The lowest BCUT2D eigenvalue weighted by Crippen LogP contribution is -2.43. The van der Waals surface area contributed by atoms with Gasteiger partial charge in [0.1, 0.15) is 18.2 Å². The molecule has 0 spiro atoms. The summed E-state index contributed by atoms with van der Waals surface area (Å²) >= 11 is 1.08. The van der Waals surface area contributed by atoms with Crippen molar-refractivity contribution in [3.63, 3.8) is 0 Å². The normalized spacial score (nSPS) is 17.2. The van der Waals surface area contributed by atoms with Gasteiger partial charge in [0.2, 0.25) is 0 Å². The lowest BCUT2D eigenvalue weighted by atomic mass is 10.0. The number of cyclic esters (lactones) is 2. The van der Waals surface area contributed by atoms with E-state index in [1.165, 1.54) is 7.05 Å². The molecule has 1 aromatic heterocycles. The number of rotatable bonds is 10. The summed E-state index contributed by atoms with van der Waals surface area (Å²) in [6, 6.07) is 6.70. The number of carbonyl (C=O) groups excluding carboxylic acids is 2. The van der Waals surface area contributed by atoms with Crippen molar-refractivity contribution < 1.29 is 54.5 Å². The zero-order valence-electron chi connectivity index (χ0n) is 25.9. The fourth-order valence-corrected chi connectivity index (χ4v) is 6.70. The molecule has 0 radical (unpaired) electrons. The van der Waals surface area contributed by atoms with E-state index in [0.29, 0.717) is 22.3 Å². The number of hydrogen-bond acceptors (Lipinski definition) is 9. The first kappa shape index (κ1) is 35.9. The van der Waals surface area contributed by atoms with Crippen LogP contribution in [0.1, 0.15) is 33.6 Å². The number of ether oxygens (including phenoxy) is 3. The van der Waals surface area contributed by atoms with Gasteiger partial charge >= 0.3 is 18.5 Å². The maximum atomic E-state index is 14.6. The lowest BCUT2D eigenvalue weighted by molar-refractivity contribution is -0.153. The van der Waals surface area contributed by atoms with Crippen LogP contribution >= 0.6 is 11.3 Å². The fourth-order valence-electron chi connectivity index (χ4n) is 5.53. The topological polar surface area (TPSA) is 101 Å². The summed E-state index contributed by atoms with van der Waals surface area (Å²) < 4.78 is 110. The summed E-state index contributed by atoms with van der Waals surface area (Å²) in [6.45, 7) is 0.192. The molecule has 0 aliphatic carbocycles. The molecule has 2 aromatic carbocycles. The Bertz CT molecular complexity index is 1740. The molecule has 264 valence electrons. The van der Waals surface area contributed by atoms with Gasteiger partial charge in [0.05, 0.1) is 39.5 Å². The van der Waals surface area contributed by atoms with Gasteiger partial charge < -0.3 is 30.2 Å². The number of nitrogens with one attached hydrogen (secondary N) is 3. The predicted octanol–water partition coefficient (Wildman–Crippen LogP) is 6.32. The van der Waals surface area contributed by atoms with Crippen molar-refractivity contribution in [2.24, 2.45) is 0 Å². The number of carbonyl (C=O) groups is 2. The number of amides is 1. The molecule has 1 unspecified atom stereocenters. The molecule has 2 aliphatic rings. The van der Waals surface area contributed by atoms with Crippen molar-refractivity contribution >= 4 is 44.9 Å². The van der Waals surface area contributed by atoms with Crippen molar-refractivity contribution in [2.45, 2.75) is 43.8 Å². The van der Waals surface area contributed by atoms with Gasteiger partial charge in [0, 0.05) is 38.8 Å². The van der Waals surface area contributed by atoms with Crippen LogP contribution in [0.15, 0.2) is 30.3 Å². The molecule has 2 aliphatic heterocycles. The van der Waals surface area contributed by atoms with Crippen molar-refractivity contribution in [1.82, 2.24) is 10.2 Å². The van der Waals surface area contributed by atoms with E-state index in [-0.39, 0.29) is 41.4 Å². The van der Waals surface area contributed by atoms with Gasteiger partial charge in [0.15, 0.2) is 12.7 Å². The number of likely N-dealkylation sites (tertiary alicyclic amines) is 1. The molecule has 0 bridgehead atoms. The number of benzene rings is 2. The number of nitrogens with zero attached hydrogens (tertiary/aromatic N) is 1. The molecule has 3 N–H and O–H groups in total. The zero-order chi connectivity index (χ0) is 35.3. The van der Waals surface area contributed by atoms with E-state index in [2.05, 4.69) is 32.7 Å². The Balaban J connectivity index is 1.32. The van der Waals surface area contributed by atoms with Gasteiger partial charge in [-0.1, -0.05) is 24.0 Å². The smallest absolute Gasteiger partial charge is 0.482 e. The average molecular weight is 717 g/mol. The monoisotopic (exact) mass is 716 g/mol. The summed E-state index contributed by atoms with van der Waals surface area (Å²) in [5, 5.41) is 8.67. The zero-order valence-corrected chi connectivity index (χ0v) is 26.8. The molecule has 17 heteroatoms. The van der Waals surface area contributed by atoms with Crippen molar-refractivity contribution in [1.29, 1.82) is 0 Å². The first-order valence-electron chi connectivity index (χ1n) is 15.1. The van der Waals surface area contributed by atoms with E-state index in [4.69, 9.17) is 14.2 Å². The number of thiophene rings is 1. The summed E-state index contributed by atoms with van der Waals surface area (Å²) in [5.41, 5.74) is -0.126. The Morgan fingerprint density at radius 1 is 1.10 bits per heavy atom. The maximum absolute atomic E-state index is 14.6. The lowest BCUT2D eigenvalue weighted by Gasteiger charge is -2.33. The third-order valence-electron chi connectivity index (χ3n) is 7.76. The maximum Gasteiger partial charge on any atom is 0.508 e. The predicted molar refractivity (Wildman–Crippen MR) is 168 cm³/mol. The molecule has 9 nitrogen and oxygen atoms in total. The molecule has 3 aromatic rings. The van der Waals surface area contributed by atoms with Crippen LogP contribution in [0.4, 0.5) is 46.9 Å². The first-order chi connectivity index (χ1) is 23.2. The average Bonchev–Trinajstić information content (AvgIpc) is 3.60. The highest BCUT2D eigenvalue weighted by molar-refractivity contribution is 7.20. The molecule has 3 heterocycles. The molecule has 0 saturated carbocycles. The number of anilines is 2. The molecule has 49 heavy (non-hydrogen) atoms. The standard InChI is InChI=1S/C32H31F7N4O5S/c1-40-29(44)21-12-26(47-17-32(37,38)39)25(13-23(21)33)41-9-3-6-27-22(14-31(34,35)36)20-4-2-5-24(28(20)49-27)42-18-7-10-43(11-8-18)15-19-16-46-30(45)48-19/h2,4-5,12-13,18-19,41-42H,7-11,14-17H2,1H3,(H,40,44). The highest BCUT2D eigenvalue weighted by atomic mass is 32.1. The van der Waals surface area contributed by atoms with Gasteiger partial charge in [-0.3, -0.25) is 9.69 Å². The van der Waals surface area contributed by atoms with Gasteiger partial charge in [-0.2, -0.15) is 26.3 Å². The highest BCUT2D eigenvalue weighted by Crippen LogP contribution is 2.39. The molecule has 5 rings (SSSR count). The Labute approximate surface area is 280 Å². The number of hydrogen-bond donors (Lipinski definition) is 3. The Morgan fingerprint density at radius 2 is 1.86 bits per heavy atom. The summed E-state index contributed by atoms with van der Waals surface area (Å²) in [5.74, 6) is 3.04. The van der Waals surface area contributed by atoms with E-state index in [1.807, 2.05) is 0 Å². The van der Waals surface area contributed by atoms with Crippen LogP contribution in [0.3, 0.4) is 0 Å². The second-order valence-electron chi connectivity index (χ2n) is 11.4. The van der Waals surface area contributed by atoms with Gasteiger partial charge in [0.25, 0.3) is 5.91 Å². The van der Waals surface area contributed by atoms with Crippen LogP contribution in [0.2, 0.25) is 0 Å². The van der Waals surface area contributed by atoms with Gasteiger partial charge in [-0.15, -0.1) is 11.3 Å². The van der Waals surface area contributed by atoms with E-state index in [1.54, 1.807) is 18.2 Å².